The normalized spacial score (nSPS) is 19.6. The first-order valence-corrected chi connectivity index (χ1v) is 3.94. The van der Waals surface area contributed by atoms with Crippen LogP contribution in [0.4, 0.5) is 0 Å². The predicted molar refractivity (Wildman–Crippen MR) is 44.8 cm³/mol. The molecule has 0 heterocycles. The molecule has 0 aliphatic carbocycles. The Morgan fingerprint density at radius 3 is 2.30 bits per heavy atom. The third kappa shape index (κ3) is 2.53. The maximum absolute atomic E-state index is 9.38. The Hall–Kier alpha value is -0.300. The first-order chi connectivity index (χ1) is 4.63. The van der Waals surface area contributed by atoms with E-state index in [1.165, 1.54) is 0 Å². The average Bonchev–Trinajstić information content (AvgIpc) is 2.00. The van der Waals surface area contributed by atoms with Crippen molar-refractivity contribution >= 4 is 0 Å². The van der Waals surface area contributed by atoms with E-state index in [4.69, 9.17) is 0 Å². The van der Waals surface area contributed by atoms with Crippen LogP contribution in [0, 0.1) is 11.8 Å². The van der Waals surface area contributed by atoms with Gasteiger partial charge in [-0.2, -0.15) is 0 Å². The maximum Gasteiger partial charge on any atom is 0.0568 e. The molecule has 3 atom stereocenters. The van der Waals surface area contributed by atoms with E-state index < -0.39 is 0 Å². The third-order valence-electron chi connectivity index (χ3n) is 2.23. The zero-order chi connectivity index (χ0) is 8.15. The summed E-state index contributed by atoms with van der Waals surface area (Å²) < 4.78 is 0. The van der Waals surface area contributed by atoms with Gasteiger partial charge in [-0.25, -0.2) is 0 Å². The third-order valence-corrected chi connectivity index (χ3v) is 2.23. The molecule has 3 unspecified atom stereocenters. The van der Waals surface area contributed by atoms with Gasteiger partial charge in [0.05, 0.1) is 6.10 Å². The summed E-state index contributed by atoms with van der Waals surface area (Å²) in [4.78, 5) is 0. The molecule has 0 saturated heterocycles. The summed E-state index contributed by atoms with van der Waals surface area (Å²) in [5.41, 5.74) is 0. The number of allylic oxidation sites excluding steroid dienone is 1. The lowest BCUT2D eigenvalue weighted by molar-refractivity contribution is 0.0948. The Bertz CT molecular complexity index is 98.9. The standard InChI is InChI=1S/C9H18O/c1-5-7(3)8(4)9(10)6-2/h5,7-10H,1,6H2,2-4H3. The van der Waals surface area contributed by atoms with Crippen LogP contribution in [0.25, 0.3) is 0 Å². The molecule has 0 aliphatic heterocycles. The van der Waals surface area contributed by atoms with E-state index in [2.05, 4.69) is 20.4 Å². The van der Waals surface area contributed by atoms with Crippen LogP contribution in [0.15, 0.2) is 12.7 Å². The van der Waals surface area contributed by atoms with Crippen molar-refractivity contribution in [1.82, 2.24) is 0 Å². The van der Waals surface area contributed by atoms with E-state index in [0.29, 0.717) is 11.8 Å². The van der Waals surface area contributed by atoms with Crippen molar-refractivity contribution in [3.63, 3.8) is 0 Å². The van der Waals surface area contributed by atoms with Crippen LogP contribution < -0.4 is 0 Å². The van der Waals surface area contributed by atoms with Gasteiger partial charge in [0.2, 0.25) is 0 Å². The summed E-state index contributed by atoms with van der Waals surface area (Å²) >= 11 is 0. The topological polar surface area (TPSA) is 20.2 Å². The number of aliphatic hydroxyl groups excluding tert-OH is 1. The van der Waals surface area contributed by atoms with Crippen LogP contribution in [0.3, 0.4) is 0 Å². The van der Waals surface area contributed by atoms with Gasteiger partial charge in [0, 0.05) is 0 Å². The highest BCUT2D eigenvalue weighted by Crippen LogP contribution is 2.17. The molecule has 1 N–H and O–H groups in total. The highest BCUT2D eigenvalue weighted by atomic mass is 16.3. The van der Waals surface area contributed by atoms with Gasteiger partial charge in [-0.15, -0.1) is 6.58 Å². The second-order valence-corrected chi connectivity index (χ2v) is 2.93. The monoisotopic (exact) mass is 142 g/mol. The van der Waals surface area contributed by atoms with Crippen LogP contribution in [-0.4, -0.2) is 11.2 Å². The number of hydrogen-bond acceptors (Lipinski definition) is 1. The zero-order valence-corrected chi connectivity index (χ0v) is 7.17. The molecule has 1 heteroatoms. The minimum Gasteiger partial charge on any atom is -0.393 e. The van der Waals surface area contributed by atoms with E-state index in [9.17, 15) is 5.11 Å². The molecule has 0 saturated carbocycles. The van der Waals surface area contributed by atoms with E-state index in [-0.39, 0.29) is 6.10 Å². The van der Waals surface area contributed by atoms with Crippen LogP contribution >= 0.6 is 0 Å². The molecule has 0 aromatic carbocycles. The van der Waals surface area contributed by atoms with Crippen LogP contribution in [0.2, 0.25) is 0 Å². The Kier molecular flexibility index (Phi) is 4.37. The second-order valence-electron chi connectivity index (χ2n) is 2.93. The summed E-state index contributed by atoms with van der Waals surface area (Å²) in [6.07, 6.45) is 2.55. The summed E-state index contributed by atoms with van der Waals surface area (Å²) in [5, 5.41) is 9.38. The van der Waals surface area contributed by atoms with Crippen molar-refractivity contribution in [2.75, 3.05) is 0 Å². The number of rotatable bonds is 4. The molecule has 0 aromatic heterocycles. The quantitative estimate of drug-likeness (QED) is 0.597. The fourth-order valence-electron chi connectivity index (χ4n) is 0.937. The molecule has 0 rings (SSSR count). The molecule has 0 radical (unpaired) electrons. The SMILES string of the molecule is C=CC(C)C(C)C(O)CC. The van der Waals surface area contributed by atoms with Gasteiger partial charge in [-0.05, 0) is 18.3 Å². The van der Waals surface area contributed by atoms with Gasteiger partial charge in [0.1, 0.15) is 0 Å². The smallest absolute Gasteiger partial charge is 0.0568 e. The fourth-order valence-corrected chi connectivity index (χ4v) is 0.937. The minimum atomic E-state index is -0.173. The van der Waals surface area contributed by atoms with Crippen molar-refractivity contribution in [1.29, 1.82) is 0 Å². The van der Waals surface area contributed by atoms with E-state index in [1.807, 2.05) is 13.0 Å². The lowest BCUT2D eigenvalue weighted by atomic mass is 9.90. The zero-order valence-electron chi connectivity index (χ0n) is 7.17. The fraction of sp³-hybridized carbons (Fsp3) is 0.778. The molecular formula is C9H18O. The van der Waals surface area contributed by atoms with Crippen molar-refractivity contribution in [3.05, 3.63) is 12.7 Å². The van der Waals surface area contributed by atoms with Gasteiger partial charge in [0.15, 0.2) is 0 Å². The largest absolute Gasteiger partial charge is 0.393 e. The molecule has 10 heavy (non-hydrogen) atoms. The van der Waals surface area contributed by atoms with Crippen molar-refractivity contribution in [3.8, 4) is 0 Å². The van der Waals surface area contributed by atoms with Gasteiger partial charge >= 0.3 is 0 Å². The first-order valence-electron chi connectivity index (χ1n) is 3.94. The first kappa shape index (κ1) is 9.70. The predicted octanol–water partition coefficient (Wildman–Crippen LogP) is 2.22. The maximum atomic E-state index is 9.38. The van der Waals surface area contributed by atoms with Crippen molar-refractivity contribution in [2.45, 2.75) is 33.3 Å². The van der Waals surface area contributed by atoms with Gasteiger partial charge < -0.3 is 5.11 Å². The highest BCUT2D eigenvalue weighted by Gasteiger charge is 2.15. The van der Waals surface area contributed by atoms with Crippen molar-refractivity contribution < 1.29 is 5.11 Å². The molecule has 0 aliphatic rings. The van der Waals surface area contributed by atoms with Crippen LogP contribution in [0.5, 0.6) is 0 Å². The summed E-state index contributed by atoms with van der Waals surface area (Å²) in [7, 11) is 0. The van der Waals surface area contributed by atoms with E-state index in [0.717, 1.165) is 6.42 Å². The molecular weight excluding hydrogens is 124 g/mol. The lowest BCUT2D eigenvalue weighted by Crippen LogP contribution is -2.21. The van der Waals surface area contributed by atoms with Gasteiger partial charge in [-0.3, -0.25) is 0 Å². The average molecular weight is 142 g/mol. The van der Waals surface area contributed by atoms with E-state index >= 15 is 0 Å². The molecule has 0 aromatic rings. The van der Waals surface area contributed by atoms with Gasteiger partial charge in [-0.1, -0.05) is 26.8 Å². The Balaban J connectivity index is 3.80. The number of hydrogen-bond donors (Lipinski definition) is 1. The van der Waals surface area contributed by atoms with Gasteiger partial charge in [0.25, 0.3) is 0 Å². The lowest BCUT2D eigenvalue weighted by Gasteiger charge is -2.21. The van der Waals surface area contributed by atoms with Crippen molar-refractivity contribution in [2.24, 2.45) is 11.8 Å². The molecule has 0 amide bonds. The molecule has 0 bridgehead atoms. The second kappa shape index (κ2) is 4.51. The van der Waals surface area contributed by atoms with E-state index in [1.54, 1.807) is 0 Å². The summed E-state index contributed by atoms with van der Waals surface area (Å²) in [6, 6.07) is 0. The Morgan fingerprint density at radius 1 is 1.50 bits per heavy atom. The summed E-state index contributed by atoms with van der Waals surface area (Å²) in [5.74, 6) is 0.748. The molecule has 0 spiro atoms. The Morgan fingerprint density at radius 2 is 2.00 bits per heavy atom. The van der Waals surface area contributed by atoms with Crippen LogP contribution in [0.1, 0.15) is 27.2 Å². The molecule has 60 valence electrons. The van der Waals surface area contributed by atoms with Crippen LogP contribution in [-0.2, 0) is 0 Å². The highest BCUT2D eigenvalue weighted by molar-refractivity contribution is 4.82. The molecule has 1 nitrogen and oxygen atoms in total. The summed E-state index contributed by atoms with van der Waals surface area (Å²) in [6.45, 7) is 9.82. The number of aliphatic hydroxyl groups is 1. The molecule has 0 fully saturated rings. The minimum absolute atomic E-state index is 0.173. The Labute approximate surface area is 63.8 Å².